The molecule has 0 aliphatic heterocycles. The van der Waals surface area contributed by atoms with E-state index in [4.69, 9.17) is 16.1 Å². The molecule has 1 aromatic heterocycles. The first-order valence-electron chi connectivity index (χ1n) is 6.24. The number of nitrogens with one attached hydrogen (secondary N) is 1. The minimum absolute atomic E-state index is 0.163. The van der Waals surface area contributed by atoms with Gasteiger partial charge in [0.1, 0.15) is 0 Å². The van der Waals surface area contributed by atoms with E-state index in [-0.39, 0.29) is 5.91 Å². The molecular formula is C14H16ClN3O2. The molecule has 6 heteroatoms. The lowest BCUT2D eigenvalue weighted by Crippen LogP contribution is -2.32. The molecule has 0 aliphatic carbocycles. The summed E-state index contributed by atoms with van der Waals surface area (Å²) in [5.41, 5.74) is 1.13. The van der Waals surface area contributed by atoms with E-state index in [0.717, 1.165) is 12.1 Å². The molecule has 0 fully saturated rings. The summed E-state index contributed by atoms with van der Waals surface area (Å²) in [6, 6.07) is 8.81. The smallest absolute Gasteiger partial charge is 0.275 e. The molecule has 1 heterocycles. The number of halogens is 1. The molecule has 1 aromatic carbocycles. The van der Waals surface area contributed by atoms with Gasteiger partial charge in [0.05, 0.1) is 0 Å². The van der Waals surface area contributed by atoms with E-state index in [2.05, 4.69) is 10.5 Å². The minimum atomic E-state index is -0.163. The Labute approximate surface area is 122 Å². The van der Waals surface area contributed by atoms with Gasteiger partial charge in [-0.25, -0.2) is 0 Å². The normalized spacial score (nSPS) is 10.6. The average Bonchev–Trinajstić information content (AvgIpc) is 2.94. The van der Waals surface area contributed by atoms with Crippen molar-refractivity contribution >= 4 is 17.5 Å². The number of carbonyl (C=O) groups is 1. The largest absolute Gasteiger partial charge is 0.355 e. The number of nitrogens with zero attached hydrogens (tertiary/aromatic N) is 2. The second-order valence-electron chi connectivity index (χ2n) is 4.41. The highest BCUT2D eigenvalue weighted by atomic mass is 35.5. The zero-order valence-electron chi connectivity index (χ0n) is 11.4. The highest BCUT2D eigenvalue weighted by Gasteiger charge is 2.17. The number of hydrogen-bond acceptors (Lipinski definition) is 4. The first-order chi connectivity index (χ1) is 9.61. The third kappa shape index (κ3) is 3.37. The van der Waals surface area contributed by atoms with Crippen LogP contribution in [-0.2, 0) is 0 Å². The molecule has 0 saturated carbocycles. The van der Waals surface area contributed by atoms with E-state index in [9.17, 15) is 4.79 Å². The van der Waals surface area contributed by atoms with Gasteiger partial charge in [0.15, 0.2) is 11.5 Å². The molecule has 2 aromatic rings. The van der Waals surface area contributed by atoms with Gasteiger partial charge in [-0.15, -0.1) is 0 Å². The van der Waals surface area contributed by atoms with Crippen LogP contribution in [0.1, 0.15) is 10.5 Å². The average molecular weight is 294 g/mol. The van der Waals surface area contributed by atoms with E-state index >= 15 is 0 Å². The van der Waals surface area contributed by atoms with Gasteiger partial charge in [0, 0.05) is 36.8 Å². The van der Waals surface area contributed by atoms with Crippen molar-refractivity contribution in [3.63, 3.8) is 0 Å². The Bertz CT molecular complexity index is 580. The molecule has 1 N–H and O–H groups in total. The zero-order valence-corrected chi connectivity index (χ0v) is 12.1. The zero-order chi connectivity index (χ0) is 14.5. The molecule has 0 spiro atoms. The molecular weight excluding hydrogens is 278 g/mol. The summed E-state index contributed by atoms with van der Waals surface area (Å²) in [6.45, 7) is 1.34. The summed E-state index contributed by atoms with van der Waals surface area (Å²) in [5, 5.41) is 7.46. The lowest BCUT2D eigenvalue weighted by molar-refractivity contribution is 0.0786. The van der Waals surface area contributed by atoms with E-state index in [1.54, 1.807) is 30.1 Å². The van der Waals surface area contributed by atoms with Crippen molar-refractivity contribution < 1.29 is 9.32 Å². The van der Waals surface area contributed by atoms with Gasteiger partial charge in [-0.3, -0.25) is 4.79 Å². The summed E-state index contributed by atoms with van der Waals surface area (Å²) in [7, 11) is 3.57. The predicted molar refractivity (Wildman–Crippen MR) is 77.8 cm³/mol. The SMILES string of the molecule is CNCCN(C)C(=O)c1cc(-c2ccc(Cl)cc2)on1. The molecule has 0 unspecified atom stereocenters. The fraction of sp³-hybridized carbons (Fsp3) is 0.286. The van der Waals surface area contributed by atoms with E-state index in [1.807, 2.05) is 19.2 Å². The molecule has 2 rings (SSSR count). The van der Waals surface area contributed by atoms with E-state index in [0.29, 0.717) is 23.0 Å². The van der Waals surface area contributed by atoms with Crippen molar-refractivity contribution in [3.8, 4) is 11.3 Å². The fourth-order valence-electron chi connectivity index (χ4n) is 1.70. The van der Waals surface area contributed by atoms with Crippen molar-refractivity contribution in [3.05, 3.63) is 41.0 Å². The second kappa shape index (κ2) is 6.54. The van der Waals surface area contributed by atoms with Gasteiger partial charge in [-0.1, -0.05) is 16.8 Å². The highest BCUT2D eigenvalue weighted by Crippen LogP contribution is 2.22. The molecule has 106 valence electrons. The van der Waals surface area contributed by atoms with E-state index < -0.39 is 0 Å². The van der Waals surface area contributed by atoms with Crippen LogP contribution in [0.15, 0.2) is 34.9 Å². The minimum Gasteiger partial charge on any atom is -0.355 e. The Balaban J connectivity index is 2.12. The van der Waals surface area contributed by atoms with Crippen LogP contribution >= 0.6 is 11.6 Å². The van der Waals surface area contributed by atoms with Crippen molar-refractivity contribution in [2.24, 2.45) is 0 Å². The first-order valence-corrected chi connectivity index (χ1v) is 6.62. The maximum atomic E-state index is 12.1. The Morgan fingerprint density at radius 1 is 1.40 bits per heavy atom. The van der Waals surface area contributed by atoms with Crippen LogP contribution in [0.5, 0.6) is 0 Å². The van der Waals surface area contributed by atoms with Crippen molar-refractivity contribution in [1.29, 1.82) is 0 Å². The number of aromatic nitrogens is 1. The number of amides is 1. The maximum Gasteiger partial charge on any atom is 0.275 e. The number of likely N-dealkylation sites (N-methyl/N-ethyl adjacent to an activating group) is 2. The standard InChI is InChI=1S/C14H16ClN3O2/c1-16-7-8-18(2)14(19)12-9-13(20-17-12)10-3-5-11(15)6-4-10/h3-6,9,16H,7-8H2,1-2H3. The molecule has 0 bridgehead atoms. The lowest BCUT2D eigenvalue weighted by atomic mass is 10.1. The Morgan fingerprint density at radius 3 is 2.75 bits per heavy atom. The van der Waals surface area contributed by atoms with Crippen molar-refractivity contribution in [2.75, 3.05) is 27.2 Å². The fourth-order valence-corrected chi connectivity index (χ4v) is 1.83. The molecule has 5 nitrogen and oxygen atoms in total. The molecule has 0 radical (unpaired) electrons. The number of rotatable bonds is 5. The maximum absolute atomic E-state index is 12.1. The van der Waals surface area contributed by atoms with Crippen LogP contribution in [0.4, 0.5) is 0 Å². The highest BCUT2D eigenvalue weighted by molar-refractivity contribution is 6.30. The molecule has 0 aliphatic rings. The Morgan fingerprint density at radius 2 is 2.10 bits per heavy atom. The van der Waals surface area contributed by atoms with Crippen LogP contribution < -0.4 is 5.32 Å². The predicted octanol–water partition coefficient (Wildman–Crippen LogP) is 2.29. The van der Waals surface area contributed by atoms with Crippen LogP contribution in [0.25, 0.3) is 11.3 Å². The summed E-state index contributed by atoms with van der Waals surface area (Å²) < 4.78 is 5.21. The van der Waals surface area contributed by atoms with E-state index in [1.165, 1.54) is 0 Å². The van der Waals surface area contributed by atoms with Gasteiger partial charge in [-0.05, 0) is 31.3 Å². The second-order valence-corrected chi connectivity index (χ2v) is 4.85. The molecule has 0 atom stereocenters. The Hall–Kier alpha value is -1.85. The number of carbonyl (C=O) groups excluding carboxylic acids is 1. The van der Waals surface area contributed by atoms with Gasteiger partial charge in [-0.2, -0.15) is 0 Å². The third-order valence-electron chi connectivity index (χ3n) is 2.90. The topological polar surface area (TPSA) is 58.4 Å². The third-order valence-corrected chi connectivity index (χ3v) is 3.15. The number of hydrogen-bond donors (Lipinski definition) is 1. The summed E-state index contributed by atoms with van der Waals surface area (Å²) in [6.07, 6.45) is 0. The van der Waals surface area contributed by atoms with Gasteiger partial charge in [0.25, 0.3) is 5.91 Å². The summed E-state index contributed by atoms with van der Waals surface area (Å²) >= 11 is 5.83. The van der Waals surface area contributed by atoms with Gasteiger partial charge < -0.3 is 14.7 Å². The lowest BCUT2D eigenvalue weighted by Gasteiger charge is -2.14. The van der Waals surface area contributed by atoms with Crippen LogP contribution in [0.2, 0.25) is 5.02 Å². The van der Waals surface area contributed by atoms with Crippen LogP contribution in [-0.4, -0.2) is 43.1 Å². The van der Waals surface area contributed by atoms with Crippen LogP contribution in [0, 0.1) is 0 Å². The van der Waals surface area contributed by atoms with Gasteiger partial charge in [0.2, 0.25) is 0 Å². The molecule has 20 heavy (non-hydrogen) atoms. The Kier molecular flexibility index (Phi) is 4.76. The monoisotopic (exact) mass is 293 g/mol. The first kappa shape index (κ1) is 14.6. The van der Waals surface area contributed by atoms with Crippen molar-refractivity contribution in [1.82, 2.24) is 15.4 Å². The summed E-state index contributed by atoms with van der Waals surface area (Å²) in [5.74, 6) is 0.385. The quantitative estimate of drug-likeness (QED) is 0.919. The van der Waals surface area contributed by atoms with Gasteiger partial charge >= 0.3 is 0 Å². The molecule has 1 amide bonds. The summed E-state index contributed by atoms with van der Waals surface area (Å²) in [4.78, 5) is 13.7. The molecule has 0 saturated heterocycles. The van der Waals surface area contributed by atoms with Crippen molar-refractivity contribution in [2.45, 2.75) is 0 Å². The number of benzene rings is 1. The van der Waals surface area contributed by atoms with Crippen LogP contribution in [0.3, 0.4) is 0 Å².